The van der Waals surface area contributed by atoms with Crippen LogP contribution in [0.4, 0.5) is 0 Å². The van der Waals surface area contributed by atoms with Gasteiger partial charge in [-0.15, -0.1) is 0 Å². The summed E-state index contributed by atoms with van der Waals surface area (Å²) in [7, 11) is -0.718. The van der Waals surface area contributed by atoms with Crippen molar-refractivity contribution in [3.8, 4) is 0 Å². The van der Waals surface area contributed by atoms with E-state index in [4.69, 9.17) is 9.16 Å². The average molecular weight is 566 g/mol. The molecule has 3 nitrogen and oxygen atoms in total. The second-order valence-corrected chi connectivity index (χ2v) is 16.3. The van der Waals surface area contributed by atoms with Crippen LogP contribution in [-0.4, -0.2) is 39.1 Å². The lowest BCUT2D eigenvalue weighted by Crippen LogP contribution is -2.66. The maximum absolute atomic E-state index is 7.23. The van der Waals surface area contributed by atoms with E-state index >= 15 is 0 Å². The summed E-state index contributed by atoms with van der Waals surface area (Å²) in [6.45, 7) is 11.7. The normalized spacial score (nSPS) is 13.7. The molecule has 2 atom stereocenters. The van der Waals surface area contributed by atoms with Gasteiger partial charge < -0.3 is 9.16 Å². The first kappa shape index (κ1) is 30.9. The molecule has 0 bridgehead atoms. The van der Waals surface area contributed by atoms with Gasteiger partial charge in [0.25, 0.3) is 8.32 Å². The van der Waals surface area contributed by atoms with E-state index in [0.29, 0.717) is 6.61 Å². The van der Waals surface area contributed by atoms with Crippen molar-refractivity contribution in [3.05, 3.63) is 132 Å². The first-order chi connectivity index (χ1) is 19.8. The minimum absolute atomic E-state index is 0.0262. The molecule has 0 saturated carbocycles. The summed E-state index contributed by atoms with van der Waals surface area (Å²) in [5.74, 6) is 0. The Morgan fingerprint density at radius 1 is 0.659 bits per heavy atom. The Morgan fingerprint density at radius 3 is 1.46 bits per heavy atom. The van der Waals surface area contributed by atoms with Gasteiger partial charge in [0.2, 0.25) is 0 Å². The Kier molecular flexibility index (Phi) is 11.1. The van der Waals surface area contributed by atoms with E-state index in [2.05, 4.69) is 154 Å². The molecule has 0 heterocycles. The number of hydrogen-bond donors (Lipinski definition) is 0. The second-order valence-electron chi connectivity index (χ2n) is 12.0. The van der Waals surface area contributed by atoms with Crippen molar-refractivity contribution in [2.24, 2.45) is 0 Å². The summed E-state index contributed by atoms with van der Waals surface area (Å²) < 4.78 is 13.2. The highest BCUT2D eigenvalue weighted by Gasteiger charge is 2.50. The van der Waals surface area contributed by atoms with Crippen LogP contribution < -0.4 is 10.4 Å². The molecule has 0 fully saturated rings. The Balaban J connectivity index is 1.58. The zero-order valence-corrected chi connectivity index (χ0v) is 26.5. The maximum Gasteiger partial charge on any atom is 0.261 e. The van der Waals surface area contributed by atoms with Crippen LogP contribution in [0.3, 0.4) is 0 Å². The molecular formula is C37H47NO2Si. The van der Waals surface area contributed by atoms with Crippen LogP contribution in [0.15, 0.2) is 121 Å². The van der Waals surface area contributed by atoms with E-state index in [1.165, 1.54) is 21.5 Å². The number of hydrogen-bond acceptors (Lipinski definition) is 3. The lowest BCUT2D eigenvalue weighted by atomic mass is 10.0. The van der Waals surface area contributed by atoms with Crippen LogP contribution in [0.1, 0.15) is 51.7 Å². The molecule has 4 aromatic carbocycles. The lowest BCUT2D eigenvalue weighted by Gasteiger charge is -2.43. The molecule has 4 aromatic rings. The van der Waals surface area contributed by atoms with Gasteiger partial charge in [-0.1, -0.05) is 142 Å². The van der Waals surface area contributed by atoms with Gasteiger partial charge in [0, 0.05) is 32.8 Å². The molecule has 216 valence electrons. The van der Waals surface area contributed by atoms with E-state index in [1.54, 1.807) is 0 Å². The molecule has 0 aliphatic rings. The third kappa shape index (κ3) is 7.84. The highest BCUT2D eigenvalue weighted by molar-refractivity contribution is 6.99. The molecule has 0 saturated heterocycles. The van der Waals surface area contributed by atoms with Gasteiger partial charge in [0.1, 0.15) is 0 Å². The predicted octanol–water partition coefficient (Wildman–Crippen LogP) is 7.45. The van der Waals surface area contributed by atoms with Crippen molar-refractivity contribution in [1.29, 1.82) is 0 Å². The molecule has 2 unspecified atom stereocenters. The fourth-order valence-corrected chi connectivity index (χ4v) is 10.7. The minimum atomic E-state index is -2.55. The number of nitrogens with zero attached hydrogens (tertiary/aromatic N) is 1. The van der Waals surface area contributed by atoms with Crippen molar-refractivity contribution in [1.82, 2.24) is 4.90 Å². The molecule has 0 radical (unpaired) electrons. The van der Waals surface area contributed by atoms with Gasteiger partial charge >= 0.3 is 0 Å². The average Bonchev–Trinajstić information content (AvgIpc) is 3.00. The third-order valence-corrected chi connectivity index (χ3v) is 13.3. The summed E-state index contributed by atoms with van der Waals surface area (Å²) in [5, 5.41) is 2.63. The Bertz CT molecular complexity index is 1200. The molecule has 0 aliphatic carbocycles. The van der Waals surface area contributed by atoms with Crippen molar-refractivity contribution in [2.75, 3.05) is 13.7 Å². The summed E-state index contributed by atoms with van der Waals surface area (Å²) in [6.07, 6.45) is 2.05. The quantitative estimate of drug-likeness (QED) is 0.117. The van der Waals surface area contributed by atoms with Crippen molar-refractivity contribution in [2.45, 2.75) is 70.8 Å². The SMILES string of the molecule is COC(C)C(CCCO[Si](c1ccccc1)(c1ccccc1)C(C)(C)C)N(Cc1ccccc1)Cc1ccccc1. The Morgan fingerprint density at radius 2 is 1.07 bits per heavy atom. The van der Waals surface area contributed by atoms with Crippen LogP contribution in [-0.2, 0) is 22.3 Å². The van der Waals surface area contributed by atoms with Crippen molar-refractivity contribution in [3.63, 3.8) is 0 Å². The number of rotatable bonds is 14. The van der Waals surface area contributed by atoms with Gasteiger partial charge in [-0.25, -0.2) is 0 Å². The fourth-order valence-electron chi connectivity index (χ4n) is 6.08. The third-order valence-electron chi connectivity index (χ3n) is 8.22. The van der Waals surface area contributed by atoms with E-state index in [-0.39, 0.29) is 17.2 Å². The van der Waals surface area contributed by atoms with Gasteiger partial charge in [-0.3, -0.25) is 4.90 Å². The molecule has 0 amide bonds. The molecular weight excluding hydrogens is 518 g/mol. The van der Waals surface area contributed by atoms with E-state index in [0.717, 1.165) is 25.9 Å². The molecule has 0 spiro atoms. The van der Waals surface area contributed by atoms with Gasteiger partial charge in [-0.05, 0) is 46.3 Å². The van der Waals surface area contributed by atoms with E-state index < -0.39 is 8.32 Å². The van der Waals surface area contributed by atoms with Crippen LogP contribution in [0, 0.1) is 0 Å². The highest BCUT2D eigenvalue weighted by Crippen LogP contribution is 2.37. The number of ether oxygens (including phenoxy) is 1. The van der Waals surface area contributed by atoms with Crippen LogP contribution in [0.2, 0.25) is 5.04 Å². The monoisotopic (exact) mass is 565 g/mol. The largest absolute Gasteiger partial charge is 0.407 e. The topological polar surface area (TPSA) is 21.7 Å². The van der Waals surface area contributed by atoms with E-state index in [1.807, 2.05) is 7.11 Å². The Labute approximate surface area is 249 Å². The summed E-state index contributed by atoms with van der Waals surface area (Å²) in [5.41, 5.74) is 2.64. The summed E-state index contributed by atoms with van der Waals surface area (Å²) in [4.78, 5) is 2.58. The predicted molar refractivity (Wildman–Crippen MR) is 175 cm³/mol. The standard InChI is InChI=1S/C37H47NO2Si/c1-31(39-5)36(38(29-32-19-10-6-11-20-32)30-33-21-12-7-13-22-33)27-18-28-40-41(37(2,3)4,34-23-14-8-15-24-34)35-25-16-9-17-26-35/h6-17,19-26,31,36H,18,27-30H2,1-5H3. The van der Waals surface area contributed by atoms with E-state index in [9.17, 15) is 0 Å². The maximum atomic E-state index is 7.23. The molecule has 0 aliphatic heterocycles. The highest BCUT2D eigenvalue weighted by atomic mass is 28.4. The smallest absolute Gasteiger partial charge is 0.261 e. The van der Waals surface area contributed by atoms with Crippen LogP contribution >= 0.6 is 0 Å². The first-order valence-corrected chi connectivity index (χ1v) is 16.9. The molecule has 4 heteroatoms. The first-order valence-electron chi connectivity index (χ1n) is 14.9. The van der Waals surface area contributed by atoms with Crippen molar-refractivity contribution >= 4 is 18.7 Å². The summed E-state index contributed by atoms with van der Waals surface area (Å²) in [6, 6.07) is 43.7. The lowest BCUT2D eigenvalue weighted by molar-refractivity contribution is 0.0113. The minimum Gasteiger partial charge on any atom is -0.407 e. The number of methoxy groups -OCH3 is 1. The molecule has 4 rings (SSSR count). The summed E-state index contributed by atoms with van der Waals surface area (Å²) >= 11 is 0. The molecule has 0 aromatic heterocycles. The Hall–Kier alpha value is -3.02. The zero-order chi connectivity index (χ0) is 29.1. The molecule has 41 heavy (non-hydrogen) atoms. The van der Waals surface area contributed by atoms with Gasteiger partial charge in [-0.2, -0.15) is 0 Å². The zero-order valence-electron chi connectivity index (χ0n) is 25.5. The second kappa shape index (κ2) is 14.7. The fraction of sp³-hybridized carbons (Fsp3) is 0.351. The molecule has 0 N–H and O–H groups in total. The van der Waals surface area contributed by atoms with Crippen molar-refractivity contribution < 1.29 is 9.16 Å². The van der Waals surface area contributed by atoms with Crippen LogP contribution in [0.25, 0.3) is 0 Å². The van der Waals surface area contributed by atoms with Gasteiger partial charge in [0.05, 0.1) is 6.10 Å². The van der Waals surface area contributed by atoms with Crippen LogP contribution in [0.5, 0.6) is 0 Å². The number of benzene rings is 4. The van der Waals surface area contributed by atoms with Gasteiger partial charge in [0.15, 0.2) is 0 Å².